The zero-order valence-corrected chi connectivity index (χ0v) is 22.7. The summed E-state index contributed by atoms with van der Waals surface area (Å²) in [4.78, 5) is 40.0. The van der Waals surface area contributed by atoms with Crippen LogP contribution in [-0.2, 0) is 22.5 Å². The summed E-state index contributed by atoms with van der Waals surface area (Å²) < 4.78 is 5.08. The standard InChI is InChI=1S/C28H36ClN3O5/c1-19-9-8-14-32(19,26(35)30-18-21-16-22(29)12-13-24(21)33)25(34)17-23(15-20-10-6-5-7-11-20)31-27(36)37-28(2,3)4/h5-7,10-13,16,19,23H,8-9,14-15,17-18H2,1-4H3,(H2-,30,31,33,35,36)/p+1/t19-,23-,32?/m1/s1. The summed E-state index contributed by atoms with van der Waals surface area (Å²) in [5.74, 6) is -0.253. The molecule has 3 rings (SSSR count). The number of halogens is 1. The zero-order valence-electron chi connectivity index (χ0n) is 21.9. The van der Waals surface area contributed by atoms with Gasteiger partial charge in [-0.2, -0.15) is 4.48 Å². The molecule has 3 atom stereocenters. The van der Waals surface area contributed by atoms with Gasteiger partial charge in [-0.05, 0) is 57.9 Å². The molecule has 0 radical (unpaired) electrons. The number of nitrogens with zero attached hydrogens (tertiary/aromatic N) is 1. The molecule has 0 saturated carbocycles. The van der Waals surface area contributed by atoms with Gasteiger partial charge in [0.2, 0.25) is 0 Å². The zero-order chi connectivity index (χ0) is 27.2. The molecule has 1 fully saturated rings. The smallest absolute Gasteiger partial charge is 0.424 e. The number of rotatable bonds is 7. The first-order valence-corrected chi connectivity index (χ1v) is 13.0. The van der Waals surface area contributed by atoms with Crippen LogP contribution in [-0.4, -0.2) is 51.9 Å². The van der Waals surface area contributed by atoms with Crippen LogP contribution in [0.4, 0.5) is 9.59 Å². The Morgan fingerprint density at radius 3 is 2.49 bits per heavy atom. The highest BCUT2D eigenvalue weighted by Gasteiger charge is 2.52. The summed E-state index contributed by atoms with van der Waals surface area (Å²) in [5, 5.41) is 16.3. The minimum absolute atomic E-state index is 0.0153. The number of carbonyl (C=O) groups excluding carboxylic acids is 3. The number of imide groups is 1. The van der Waals surface area contributed by atoms with Gasteiger partial charge in [-0.1, -0.05) is 41.9 Å². The summed E-state index contributed by atoms with van der Waals surface area (Å²) >= 11 is 6.04. The molecule has 4 amide bonds. The Bertz CT molecular complexity index is 1120. The lowest BCUT2D eigenvalue weighted by Crippen LogP contribution is -2.63. The highest BCUT2D eigenvalue weighted by molar-refractivity contribution is 6.30. The van der Waals surface area contributed by atoms with Gasteiger partial charge in [0.25, 0.3) is 0 Å². The van der Waals surface area contributed by atoms with E-state index in [9.17, 15) is 19.5 Å². The van der Waals surface area contributed by atoms with Crippen molar-refractivity contribution in [3.8, 4) is 5.75 Å². The predicted octanol–water partition coefficient (Wildman–Crippen LogP) is 5.31. The second-order valence-corrected chi connectivity index (χ2v) is 11.1. The van der Waals surface area contributed by atoms with E-state index in [0.29, 0.717) is 23.6 Å². The molecule has 1 saturated heterocycles. The third-order valence-corrected chi connectivity index (χ3v) is 6.87. The fraction of sp³-hybridized carbons (Fsp3) is 0.464. The van der Waals surface area contributed by atoms with Gasteiger partial charge in [-0.25, -0.2) is 14.4 Å². The number of hydrogen-bond acceptors (Lipinski definition) is 5. The van der Waals surface area contributed by atoms with Crippen LogP contribution in [0.15, 0.2) is 48.5 Å². The number of phenols is 1. The number of quaternary nitrogens is 1. The Morgan fingerprint density at radius 1 is 1.16 bits per heavy atom. The van der Waals surface area contributed by atoms with Crippen molar-refractivity contribution < 1.29 is 28.7 Å². The van der Waals surface area contributed by atoms with E-state index in [4.69, 9.17) is 16.3 Å². The molecule has 0 aliphatic carbocycles. The van der Waals surface area contributed by atoms with Crippen LogP contribution in [0.3, 0.4) is 0 Å². The fourth-order valence-electron chi connectivity index (χ4n) is 4.79. The molecule has 2 aromatic rings. The molecule has 1 unspecified atom stereocenters. The normalized spacial score (nSPS) is 20.2. The lowest BCUT2D eigenvalue weighted by molar-refractivity contribution is -0.785. The van der Waals surface area contributed by atoms with Gasteiger partial charge in [-0.3, -0.25) is 0 Å². The van der Waals surface area contributed by atoms with Crippen LogP contribution in [0.2, 0.25) is 5.02 Å². The number of hydrogen-bond donors (Lipinski definition) is 3. The van der Waals surface area contributed by atoms with E-state index in [-0.39, 0.29) is 35.1 Å². The number of ether oxygens (including phenoxy) is 1. The highest BCUT2D eigenvalue weighted by atomic mass is 35.5. The number of likely N-dealkylation sites (tertiary alicyclic amines) is 1. The Labute approximate surface area is 223 Å². The summed E-state index contributed by atoms with van der Waals surface area (Å²) in [6, 6.07) is 13.0. The molecule has 8 nitrogen and oxygen atoms in total. The number of aromatic hydroxyl groups is 1. The molecular formula is C28H37ClN3O5+. The largest absolute Gasteiger partial charge is 0.508 e. The SMILES string of the molecule is C[C@@H]1CCC[N+]1(C(=O)C[C@@H](Cc1ccccc1)NC(=O)OC(C)(C)C)C(=O)NCc1cc(Cl)ccc1O. The van der Waals surface area contributed by atoms with Crippen molar-refractivity contribution in [2.75, 3.05) is 6.54 Å². The molecular weight excluding hydrogens is 494 g/mol. The van der Waals surface area contributed by atoms with Crippen molar-refractivity contribution in [3.05, 3.63) is 64.7 Å². The van der Waals surface area contributed by atoms with E-state index >= 15 is 0 Å². The summed E-state index contributed by atoms with van der Waals surface area (Å²) in [5.41, 5.74) is 0.735. The minimum atomic E-state index is -0.686. The van der Waals surface area contributed by atoms with Crippen LogP contribution in [0.1, 0.15) is 58.1 Å². The minimum Gasteiger partial charge on any atom is -0.508 e. The van der Waals surface area contributed by atoms with E-state index in [1.54, 1.807) is 32.9 Å². The monoisotopic (exact) mass is 530 g/mol. The molecule has 200 valence electrons. The average molecular weight is 531 g/mol. The first-order valence-electron chi connectivity index (χ1n) is 12.6. The quantitative estimate of drug-likeness (QED) is 0.421. The molecule has 0 bridgehead atoms. The van der Waals surface area contributed by atoms with Crippen molar-refractivity contribution in [2.24, 2.45) is 0 Å². The van der Waals surface area contributed by atoms with Crippen molar-refractivity contribution in [2.45, 2.75) is 77.6 Å². The van der Waals surface area contributed by atoms with E-state index in [0.717, 1.165) is 18.4 Å². The van der Waals surface area contributed by atoms with E-state index in [1.165, 1.54) is 6.07 Å². The van der Waals surface area contributed by atoms with Crippen molar-refractivity contribution in [1.29, 1.82) is 0 Å². The van der Waals surface area contributed by atoms with E-state index in [1.807, 2.05) is 37.3 Å². The van der Waals surface area contributed by atoms with Gasteiger partial charge < -0.3 is 20.5 Å². The van der Waals surface area contributed by atoms with Gasteiger partial charge in [0, 0.05) is 29.5 Å². The molecule has 1 aliphatic heterocycles. The summed E-state index contributed by atoms with van der Waals surface area (Å²) in [6.07, 6.45) is 1.23. The number of nitrogens with one attached hydrogen (secondary N) is 2. The lowest BCUT2D eigenvalue weighted by Gasteiger charge is -2.34. The molecule has 0 spiro atoms. The second-order valence-electron chi connectivity index (χ2n) is 10.6. The second kappa shape index (κ2) is 12.0. The van der Waals surface area contributed by atoms with Crippen LogP contribution in [0, 0.1) is 0 Å². The first kappa shape index (κ1) is 28.5. The maximum Gasteiger partial charge on any atom is 0.424 e. The van der Waals surface area contributed by atoms with Gasteiger partial charge in [0.05, 0.1) is 19.5 Å². The van der Waals surface area contributed by atoms with Crippen LogP contribution in [0.5, 0.6) is 5.75 Å². The number of phenolic OH excluding ortho intramolecular Hbond substituents is 1. The van der Waals surface area contributed by atoms with Gasteiger partial charge >= 0.3 is 18.0 Å². The van der Waals surface area contributed by atoms with E-state index in [2.05, 4.69) is 10.6 Å². The van der Waals surface area contributed by atoms with Crippen molar-refractivity contribution >= 4 is 29.6 Å². The first-order chi connectivity index (χ1) is 17.4. The number of benzene rings is 2. The summed E-state index contributed by atoms with van der Waals surface area (Å²) in [6.45, 7) is 7.63. The Hall–Kier alpha value is -3.10. The third-order valence-electron chi connectivity index (χ3n) is 6.63. The topological polar surface area (TPSA) is 105 Å². The molecule has 0 aromatic heterocycles. The number of carbonyl (C=O) groups is 3. The molecule has 3 N–H and O–H groups in total. The fourth-order valence-corrected chi connectivity index (χ4v) is 4.99. The Kier molecular flexibility index (Phi) is 9.21. The molecule has 2 aromatic carbocycles. The molecule has 37 heavy (non-hydrogen) atoms. The lowest BCUT2D eigenvalue weighted by atomic mass is 10.0. The van der Waals surface area contributed by atoms with Crippen LogP contribution >= 0.6 is 11.6 Å². The van der Waals surface area contributed by atoms with Gasteiger partial charge in [-0.15, -0.1) is 0 Å². The Balaban J connectivity index is 1.80. The third kappa shape index (κ3) is 7.46. The highest BCUT2D eigenvalue weighted by Crippen LogP contribution is 2.30. The maximum atomic E-state index is 13.9. The molecule has 1 aliphatic rings. The van der Waals surface area contributed by atoms with Crippen molar-refractivity contribution in [3.63, 3.8) is 0 Å². The number of alkyl carbamates (subject to hydrolysis) is 1. The predicted molar refractivity (Wildman–Crippen MR) is 142 cm³/mol. The van der Waals surface area contributed by atoms with E-state index < -0.39 is 23.8 Å². The van der Waals surface area contributed by atoms with Crippen molar-refractivity contribution in [1.82, 2.24) is 10.6 Å². The molecule has 1 heterocycles. The van der Waals surface area contributed by atoms with Crippen LogP contribution < -0.4 is 10.6 Å². The summed E-state index contributed by atoms with van der Waals surface area (Å²) in [7, 11) is 0. The van der Waals surface area contributed by atoms with Crippen LogP contribution in [0.25, 0.3) is 0 Å². The maximum absolute atomic E-state index is 13.9. The number of amides is 4. The number of urea groups is 1. The Morgan fingerprint density at radius 2 is 1.86 bits per heavy atom. The van der Waals surface area contributed by atoms with Gasteiger partial charge in [0.15, 0.2) is 0 Å². The average Bonchev–Trinajstić information content (AvgIpc) is 3.21. The van der Waals surface area contributed by atoms with Gasteiger partial charge in [0.1, 0.15) is 17.4 Å². The molecule has 9 heteroatoms.